The van der Waals surface area contributed by atoms with Crippen molar-refractivity contribution in [3.8, 4) is 0 Å². The first-order valence-electron chi connectivity index (χ1n) is 7.27. The average molecular weight is 260 g/mol. The molecule has 1 aliphatic carbocycles. The van der Waals surface area contributed by atoms with Crippen molar-refractivity contribution in [1.29, 1.82) is 0 Å². The van der Waals surface area contributed by atoms with Gasteiger partial charge in [-0.15, -0.1) is 0 Å². The Labute approximate surface area is 119 Å². The molecule has 0 atom stereocenters. The first-order valence-corrected chi connectivity index (χ1v) is 7.27. The first kappa shape index (κ1) is 17.7. The molecule has 0 aromatic carbocycles. The molecule has 106 valence electrons. The highest BCUT2D eigenvalue weighted by Crippen LogP contribution is 2.18. The van der Waals surface area contributed by atoms with Gasteiger partial charge in [0.2, 0.25) is 0 Å². The Balaban J connectivity index is 0.00000154. The molecule has 1 nitrogen and oxygen atoms in total. The maximum atomic E-state index is 5.01. The fourth-order valence-corrected chi connectivity index (χ4v) is 1.70. The van der Waals surface area contributed by atoms with Crippen molar-refractivity contribution < 1.29 is 4.74 Å². The molecule has 0 saturated carbocycles. The zero-order valence-corrected chi connectivity index (χ0v) is 12.9. The van der Waals surface area contributed by atoms with Gasteiger partial charge in [-0.05, 0) is 30.4 Å². The maximum absolute atomic E-state index is 5.01. The number of ether oxygens (including phenoxy) is 1. The van der Waals surface area contributed by atoms with E-state index >= 15 is 0 Å². The zero-order chi connectivity index (χ0) is 14.3. The van der Waals surface area contributed by atoms with E-state index in [4.69, 9.17) is 4.74 Å². The lowest BCUT2D eigenvalue weighted by Crippen LogP contribution is -1.85. The maximum Gasteiger partial charge on any atom is 0.0496 e. The summed E-state index contributed by atoms with van der Waals surface area (Å²) in [7, 11) is 1.73. The largest absolute Gasteiger partial charge is 0.384 e. The molecule has 19 heavy (non-hydrogen) atoms. The summed E-state index contributed by atoms with van der Waals surface area (Å²) in [6.45, 7) is 6.99. The van der Waals surface area contributed by atoms with Crippen LogP contribution in [0, 0.1) is 0 Å². The van der Waals surface area contributed by atoms with E-state index in [0.29, 0.717) is 0 Å². The van der Waals surface area contributed by atoms with Crippen LogP contribution in [0.1, 0.15) is 40.0 Å². The quantitative estimate of drug-likeness (QED) is 0.460. The topological polar surface area (TPSA) is 9.23 Å². The van der Waals surface area contributed by atoms with Crippen LogP contribution in [-0.2, 0) is 4.74 Å². The Bertz CT molecular complexity index is 354. The van der Waals surface area contributed by atoms with E-state index in [-0.39, 0.29) is 0 Å². The Morgan fingerprint density at radius 3 is 2.79 bits per heavy atom. The Kier molecular flexibility index (Phi) is 12.2. The van der Waals surface area contributed by atoms with Gasteiger partial charge in [0, 0.05) is 13.7 Å². The summed E-state index contributed by atoms with van der Waals surface area (Å²) in [4.78, 5) is 0. The van der Waals surface area contributed by atoms with Gasteiger partial charge in [0.05, 0.1) is 0 Å². The van der Waals surface area contributed by atoms with Gasteiger partial charge in [-0.1, -0.05) is 69.4 Å². The molecule has 0 amide bonds. The van der Waals surface area contributed by atoms with Gasteiger partial charge >= 0.3 is 0 Å². The lowest BCUT2D eigenvalue weighted by Gasteiger charge is -2.04. The molecule has 0 spiro atoms. The van der Waals surface area contributed by atoms with Crippen LogP contribution >= 0.6 is 0 Å². The van der Waals surface area contributed by atoms with E-state index in [1.54, 1.807) is 7.11 Å². The van der Waals surface area contributed by atoms with E-state index in [9.17, 15) is 0 Å². The van der Waals surface area contributed by atoms with Gasteiger partial charge in [-0.3, -0.25) is 0 Å². The summed E-state index contributed by atoms with van der Waals surface area (Å²) >= 11 is 0. The molecular formula is C18H28O. The van der Waals surface area contributed by atoms with Crippen LogP contribution < -0.4 is 0 Å². The van der Waals surface area contributed by atoms with E-state index in [0.717, 1.165) is 25.9 Å². The second-order valence-corrected chi connectivity index (χ2v) is 3.94. The third kappa shape index (κ3) is 8.39. The molecular weight excluding hydrogens is 232 g/mol. The summed E-state index contributed by atoms with van der Waals surface area (Å²) in [5, 5.41) is 0. The smallest absolute Gasteiger partial charge is 0.0496 e. The second-order valence-electron chi connectivity index (χ2n) is 3.94. The van der Waals surface area contributed by atoms with Crippen LogP contribution in [0.2, 0.25) is 0 Å². The van der Waals surface area contributed by atoms with Crippen LogP contribution in [0.5, 0.6) is 0 Å². The van der Waals surface area contributed by atoms with Crippen molar-refractivity contribution in [3.63, 3.8) is 0 Å². The summed E-state index contributed by atoms with van der Waals surface area (Å²) in [6, 6.07) is 0. The van der Waals surface area contributed by atoms with Gasteiger partial charge in [0.15, 0.2) is 0 Å². The molecule has 1 aliphatic rings. The van der Waals surface area contributed by atoms with Crippen LogP contribution in [0.3, 0.4) is 0 Å². The standard InChI is InChI=1S/C16H22O.C2H6/c1-3-15(11-9-6-10-14-17-2)16-12-7-4-5-8-13-16;1-2/h4-7,9,11-13H,3,8,10,14H2,1-2H3;1-2H3/b9-6-,15-11+;. The van der Waals surface area contributed by atoms with Crippen molar-refractivity contribution in [1.82, 2.24) is 0 Å². The summed E-state index contributed by atoms with van der Waals surface area (Å²) in [6.07, 6.45) is 20.4. The number of allylic oxidation sites excluding steroid dienone is 9. The van der Waals surface area contributed by atoms with Crippen molar-refractivity contribution >= 4 is 0 Å². The molecule has 0 aromatic rings. The molecule has 0 unspecified atom stereocenters. The highest BCUT2D eigenvalue weighted by atomic mass is 16.5. The van der Waals surface area contributed by atoms with E-state index < -0.39 is 0 Å². The van der Waals surface area contributed by atoms with Crippen LogP contribution in [0.15, 0.2) is 59.8 Å². The Hall–Kier alpha value is -1.34. The third-order valence-corrected chi connectivity index (χ3v) is 2.67. The predicted octanol–water partition coefficient (Wildman–Crippen LogP) is 5.38. The molecule has 0 heterocycles. The van der Waals surface area contributed by atoms with Gasteiger partial charge in [0.1, 0.15) is 0 Å². The van der Waals surface area contributed by atoms with Crippen molar-refractivity contribution in [2.24, 2.45) is 0 Å². The number of hydrogen-bond donors (Lipinski definition) is 0. The van der Waals surface area contributed by atoms with E-state index in [1.807, 2.05) is 13.8 Å². The summed E-state index contributed by atoms with van der Waals surface area (Å²) in [5.41, 5.74) is 2.73. The van der Waals surface area contributed by atoms with Crippen molar-refractivity contribution in [2.45, 2.75) is 40.0 Å². The van der Waals surface area contributed by atoms with Crippen LogP contribution in [-0.4, -0.2) is 13.7 Å². The van der Waals surface area contributed by atoms with E-state index in [1.165, 1.54) is 11.1 Å². The highest BCUT2D eigenvalue weighted by molar-refractivity contribution is 5.43. The molecule has 0 radical (unpaired) electrons. The highest BCUT2D eigenvalue weighted by Gasteiger charge is 1.98. The fraction of sp³-hybridized carbons (Fsp3) is 0.444. The average Bonchev–Trinajstić information content (AvgIpc) is 2.74. The molecule has 0 aromatic heterocycles. The molecule has 0 N–H and O–H groups in total. The normalized spacial score (nSPS) is 14.9. The minimum atomic E-state index is 0.790. The fourth-order valence-electron chi connectivity index (χ4n) is 1.70. The van der Waals surface area contributed by atoms with Crippen molar-refractivity contribution in [2.75, 3.05) is 13.7 Å². The first-order chi connectivity index (χ1) is 9.38. The molecule has 0 saturated heterocycles. The molecule has 1 rings (SSSR count). The lowest BCUT2D eigenvalue weighted by molar-refractivity contribution is 0.204. The number of methoxy groups -OCH3 is 1. The van der Waals surface area contributed by atoms with Gasteiger partial charge in [-0.2, -0.15) is 0 Å². The van der Waals surface area contributed by atoms with Gasteiger partial charge in [-0.25, -0.2) is 0 Å². The SMILES string of the molecule is CC.CC/C(=C\C=C/CCOC)C1=CCC=CC=C1. The third-order valence-electron chi connectivity index (χ3n) is 2.67. The number of rotatable bonds is 6. The van der Waals surface area contributed by atoms with Crippen LogP contribution in [0.4, 0.5) is 0 Å². The van der Waals surface area contributed by atoms with Gasteiger partial charge < -0.3 is 4.74 Å². The van der Waals surface area contributed by atoms with Crippen molar-refractivity contribution in [3.05, 3.63) is 59.8 Å². The van der Waals surface area contributed by atoms with Crippen LogP contribution in [0.25, 0.3) is 0 Å². The molecule has 1 heteroatoms. The molecule has 0 bridgehead atoms. The second kappa shape index (κ2) is 13.1. The minimum Gasteiger partial charge on any atom is -0.384 e. The van der Waals surface area contributed by atoms with Gasteiger partial charge in [0.25, 0.3) is 0 Å². The summed E-state index contributed by atoms with van der Waals surface area (Å²) in [5.74, 6) is 0. The predicted molar refractivity (Wildman–Crippen MR) is 86.3 cm³/mol. The van der Waals surface area contributed by atoms with E-state index in [2.05, 4.69) is 55.5 Å². The molecule has 0 aliphatic heterocycles. The number of hydrogen-bond acceptors (Lipinski definition) is 1. The lowest BCUT2D eigenvalue weighted by atomic mass is 10.0. The zero-order valence-electron chi connectivity index (χ0n) is 12.9. The Morgan fingerprint density at radius 2 is 2.11 bits per heavy atom. The minimum absolute atomic E-state index is 0.790. The Morgan fingerprint density at radius 1 is 1.32 bits per heavy atom. The monoisotopic (exact) mass is 260 g/mol. The summed E-state index contributed by atoms with van der Waals surface area (Å²) < 4.78 is 5.01. The molecule has 0 fully saturated rings.